The van der Waals surface area contributed by atoms with Gasteiger partial charge in [0, 0.05) is 23.4 Å². The minimum atomic E-state index is -0.513. The minimum Gasteiger partial charge on any atom is -0.496 e. The van der Waals surface area contributed by atoms with Crippen LogP contribution in [0.3, 0.4) is 0 Å². The maximum Gasteiger partial charge on any atom is 0.270 e. The van der Waals surface area contributed by atoms with Crippen LogP contribution in [0.2, 0.25) is 0 Å². The molecule has 0 aliphatic carbocycles. The second-order valence-electron chi connectivity index (χ2n) is 5.20. The van der Waals surface area contributed by atoms with Crippen molar-refractivity contribution in [3.8, 4) is 5.75 Å². The van der Waals surface area contributed by atoms with Crippen LogP contribution in [0.15, 0.2) is 47.6 Å². The van der Waals surface area contributed by atoms with Crippen LogP contribution in [0.4, 0.5) is 11.4 Å². The Balaban J connectivity index is 1.94. The first-order chi connectivity index (χ1) is 12.0. The molecule has 2 aromatic rings. The molecule has 130 valence electrons. The van der Waals surface area contributed by atoms with E-state index in [-0.39, 0.29) is 18.1 Å². The van der Waals surface area contributed by atoms with Gasteiger partial charge >= 0.3 is 0 Å². The molecule has 25 heavy (non-hydrogen) atoms. The summed E-state index contributed by atoms with van der Waals surface area (Å²) in [7, 11) is 1.45. The Labute approximate surface area is 144 Å². The third-order valence-electron chi connectivity index (χ3n) is 3.29. The van der Waals surface area contributed by atoms with Gasteiger partial charge in [-0.2, -0.15) is 5.10 Å². The molecule has 2 N–H and O–H groups in total. The lowest BCUT2D eigenvalue weighted by Gasteiger charge is -2.06. The summed E-state index contributed by atoms with van der Waals surface area (Å²) >= 11 is 0. The molecule has 0 radical (unpaired) electrons. The Hall–Kier alpha value is -3.42. The van der Waals surface area contributed by atoms with E-state index in [1.807, 2.05) is 31.2 Å². The van der Waals surface area contributed by atoms with Crippen molar-refractivity contribution in [2.75, 3.05) is 19.0 Å². The fraction of sp³-hybridized carbons (Fsp3) is 0.176. The van der Waals surface area contributed by atoms with Crippen molar-refractivity contribution in [1.82, 2.24) is 5.43 Å². The highest BCUT2D eigenvalue weighted by Crippen LogP contribution is 2.22. The highest BCUT2D eigenvalue weighted by atomic mass is 16.6. The van der Waals surface area contributed by atoms with Gasteiger partial charge in [0.05, 0.1) is 24.8 Å². The summed E-state index contributed by atoms with van der Waals surface area (Å²) in [6.45, 7) is 2.01. The number of hydrogen-bond acceptors (Lipinski definition) is 6. The molecule has 8 heteroatoms. The van der Waals surface area contributed by atoms with Gasteiger partial charge in [0.25, 0.3) is 11.6 Å². The number of hydrazone groups is 1. The number of carbonyl (C=O) groups is 1. The van der Waals surface area contributed by atoms with E-state index < -0.39 is 4.92 Å². The summed E-state index contributed by atoms with van der Waals surface area (Å²) in [5.41, 5.74) is 4.58. The van der Waals surface area contributed by atoms with Gasteiger partial charge in [0.2, 0.25) is 0 Å². The predicted molar refractivity (Wildman–Crippen MR) is 95.1 cm³/mol. The van der Waals surface area contributed by atoms with E-state index in [9.17, 15) is 14.9 Å². The molecule has 0 aliphatic rings. The molecule has 0 bridgehead atoms. The zero-order valence-electron chi connectivity index (χ0n) is 13.9. The summed E-state index contributed by atoms with van der Waals surface area (Å²) in [4.78, 5) is 22.1. The number of nitro benzene ring substituents is 1. The average molecular weight is 342 g/mol. The Kier molecular flexibility index (Phi) is 6.05. The molecule has 0 atom stereocenters. The first-order valence-electron chi connectivity index (χ1n) is 7.44. The van der Waals surface area contributed by atoms with Crippen molar-refractivity contribution >= 4 is 23.5 Å². The van der Waals surface area contributed by atoms with Gasteiger partial charge in [-0.1, -0.05) is 12.1 Å². The molecule has 0 heterocycles. The number of ether oxygens (including phenoxy) is 1. The quantitative estimate of drug-likeness (QED) is 0.457. The second-order valence-corrected chi connectivity index (χ2v) is 5.20. The number of methoxy groups -OCH3 is 1. The highest BCUT2D eigenvalue weighted by molar-refractivity contribution is 5.87. The van der Waals surface area contributed by atoms with Gasteiger partial charge in [0.15, 0.2) is 0 Å². The summed E-state index contributed by atoms with van der Waals surface area (Å²) in [6, 6.07) is 11.8. The molecular weight excluding hydrogens is 324 g/mol. The zero-order valence-corrected chi connectivity index (χ0v) is 13.9. The first-order valence-corrected chi connectivity index (χ1v) is 7.44. The Bertz CT molecular complexity index is 805. The number of carbonyl (C=O) groups excluding carboxylic acids is 1. The molecule has 2 rings (SSSR count). The van der Waals surface area contributed by atoms with Crippen LogP contribution in [-0.2, 0) is 4.79 Å². The molecule has 0 saturated carbocycles. The number of hydrogen-bond donors (Lipinski definition) is 2. The molecule has 1 amide bonds. The van der Waals surface area contributed by atoms with Gasteiger partial charge in [0.1, 0.15) is 5.75 Å². The van der Waals surface area contributed by atoms with Crippen molar-refractivity contribution in [2.24, 2.45) is 5.10 Å². The lowest BCUT2D eigenvalue weighted by Crippen LogP contribution is -2.25. The van der Waals surface area contributed by atoms with Crippen molar-refractivity contribution in [3.63, 3.8) is 0 Å². The highest BCUT2D eigenvalue weighted by Gasteiger charge is 2.10. The van der Waals surface area contributed by atoms with Crippen LogP contribution in [0.1, 0.15) is 11.1 Å². The maximum atomic E-state index is 11.8. The zero-order chi connectivity index (χ0) is 18.2. The van der Waals surface area contributed by atoms with Gasteiger partial charge in [-0.3, -0.25) is 14.9 Å². The summed E-state index contributed by atoms with van der Waals surface area (Å²) < 4.78 is 5.12. The third kappa shape index (κ3) is 5.31. The topological polar surface area (TPSA) is 106 Å². The summed E-state index contributed by atoms with van der Waals surface area (Å²) in [5, 5.41) is 17.6. The number of nitrogens with one attached hydrogen (secondary N) is 2. The van der Waals surface area contributed by atoms with Crippen LogP contribution in [0, 0.1) is 17.0 Å². The molecular formula is C17H18N4O4. The van der Waals surface area contributed by atoms with Crippen LogP contribution in [-0.4, -0.2) is 30.7 Å². The van der Waals surface area contributed by atoms with Gasteiger partial charge < -0.3 is 10.1 Å². The van der Waals surface area contributed by atoms with Crippen LogP contribution in [0.25, 0.3) is 0 Å². The molecule has 2 aromatic carbocycles. The van der Waals surface area contributed by atoms with Crippen molar-refractivity contribution in [1.29, 1.82) is 0 Å². The smallest absolute Gasteiger partial charge is 0.270 e. The number of benzene rings is 2. The number of amides is 1. The van der Waals surface area contributed by atoms with Crippen molar-refractivity contribution in [2.45, 2.75) is 6.92 Å². The van der Waals surface area contributed by atoms with Crippen molar-refractivity contribution < 1.29 is 14.5 Å². The number of nitrogens with zero attached hydrogens (tertiary/aromatic N) is 2. The molecule has 0 spiro atoms. The van der Waals surface area contributed by atoms with E-state index in [0.717, 1.165) is 11.3 Å². The molecule has 0 aromatic heterocycles. The largest absolute Gasteiger partial charge is 0.496 e. The van der Waals surface area contributed by atoms with E-state index in [0.29, 0.717) is 11.3 Å². The van der Waals surface area contributed by atoms with E-state index in [2.05, 4.69) is 15.8 Å². The lowest BCUT2D eigenvalue weighted by atomic mass is 10.2. The number of aryl methyl sites for hydroxylation is 1. The standard InChI is InChI=1S/C17H18N4O4/c1-12-4-3-5-14(8-12)18-11-17(22)20-19-10-13-9-15(21(23)24)6-7-16(13)25-2/h3-10,18H,11H2,1-2H3,(H,20,22)/b19-10+. The molecule has 0 saturated heterocycles. The Morgan fingerprint density at radius 1 is 1.32 bits per heavy atom. The first kappa shape index (κ1) is 17.9. The predicted octanol–water partition coefficient (Wildman–Crippen LogP) is 2.47. The fourth-order valence-corrected chi connectivity index (χ4v) is 2.09. The average Bonchev–Trinajstić information content (AvgIpc) is 2.60. The van der Waals surface area contributed by atoms with E-state index in [1.54, 1.807) is 0 Å². The van der Waals surface area contributed by atoms with Crippen LogP contribution >= 0.6 is 0 Å². The fourth-order valence-electron chi connectivity index (χ4n) is 2.09. The second kappa shape index (κ2) is 8.44. The molecule has 8 nitrogen and oxygen atoms in total. The maximum absolute atomic E-state index is 11.8. The van der Waals surface area contributed by atoms with E-state index in [1.165, 1.54) is 31.5 Å². The van der Waals surface area contributed by atoms with Crippen LogP contribution < -0.4 is 15.5 Å². The normalized spacial score (nSPS) is 10.5. The van der Waals surface area contributed by atoms with Gasteiger partial charge in [-0.15, -0.1) is 0 Å². The third-order valence-corrected chi connectivity index (χ3v) is 3.29. The van der Waals surface area contributed by atoms with Crippen LogP contribution in [0.5, 0.6) is 5.75 Å². The monoisotopic (exact) mass is 342 g/mol. The molecule has 0 fully saturated rings. The van der Waals surface area contributed by atoms with E-state index in [4.69, 9.17) is 4.74 Å². The Morgan fingerprint density at radius 2 is 2.12 bits per heavy atom. The number of nitro groups is 1. The summed E-state index contributed by atoms with van der Waals surface area (Å²) in [5.74, 6) is 0.0728. The molecule has 0 aliphatic heterocycles. The van der Waals surface area contributed by atoms with Gasteiger partial charge in [-0.05, 0) is 30.7 Å². The van der Waals surface area contributed by atoms with Gasteiger partial charge in [-0.25, -0.2) is 5.43 Å². The minimum absolute atomic E-state index is 0.0485. The lowest BCUT2D eigenvalue weighted by molar-refractivity contribution is -0.384. The number of non-ortho nitro benzene ring substituents is 1. The summed E-state index contributed by atoms with van der Waals surface area (Å²) in [6.07, 6.45) is 1.30. The number of anilines is 1. The Morgan fingerprint density at radius 3 is 2.80 bits per heavy atom. The molecule has 0 unspecified atom stereocenters. The number of rotatable bonds is 7. The van der Waals surface area contributed by atoms with Crippen molar-refractivity contribution in [3.05, 3.63) is 63.7 Å². The SMILES string of the molecule is COc1ccc([N+](=O)[O-])cc1/C=N/NC(=O)CNc1cccc(C)c1. The van der Waals surface area contributed by atoms with E-state index >= 15 is 0 Å².